The van der Waals surface area contributed by atoms with Crippen molar-refractivity contribution in [2.75, 3.05) is 47.5 Å². The molecule has 0 bridgehead atoms. The van der Waals surface area contributed by atoms with Gasteiger partial charge in [-0.15, -0.1) is 0 Å². The number of hydrogen-bond acceptors (Lipinski definition) is 10. The minimum absolute atomic E-state index is 0.182. The van der Waals surface area contributed by atoms with Crippen molar-refractivity contribution in [1.82, 2.24) is 25.3 Å². The summed E-state index contributed by atoms with van der Waals surface area (Å²) in [5.41, 5.74) is 1.63. The molecule has 0 spiro atoms. The van der Waals surface area contributed by atoms with Gasteiger partial charge in [0.1, 0.15) is 0 Å². The summed E-state index contributed by atoms with van der Waals surface area (Å²) in [6.45, 7) is 3.49. The number of rotatable bonds is 4. The van der Waals surface area contributed by atoms with Gasteiger partial charge in [0.05, 0.1) is 11.8 Å². The molecule has 5 rings (SSSR count). The van der Waals surface area contributed by atoms with Crippen LogP contribution in [0.25, 0.3) is 11.3 Å². The van der Waals surface area contributed by atoms with E-state index in [4.69, 9.17) is 14.6 Å². The molecule has 0 radical (unpaired) electrons. The number of thioether (sulfide) groups is 1. The normalized spacial score (nSPS) is 19.6. The zero-order valence-corrected chi connectivity index (χ0v) is 16.8. The van der Waals surface area contributed by atoms with Crippen molar-refractivity contribution in [3.63, 3.8) is 0 Å². The summed E-state index contributed by atoms with van der Waals surface area (Å²) >= 11 is 1.96. The standard InChI is InChI=1S/C19H23N7O2S/c27-15(14-3-1-2-6-20-14)13-4-7-25(8-5-13)18-19(26-9-11-29-12-10-26)22-17-16(21-18)23-28-24-17/h1-3,6,13,15,27H,4-5,7-12H2/t15-/m0/s1. The molecule has 5 heterocycles. The lowest BCUT2D eigenvalue weighted by Crippen LogP contribution is -2.39. The van der Waals surface area contributed by atoms with E-state index in [-0.39, 0.29) is 5.92 Å². The van der Waals surface area contributed by atoms with Gasteiger partial charge in [0.15, 0.2) is 11.6 Å². The van der Waals surface area contributed by atoms with Gasteiger partial charge in [0.2, 0.25) is 11.3 Å². The number of pyridine rings is 1. The molecule has 1 atom stereocenters. The highest BCUT2D eigenvalue weighted by Gasteiger charge is 2.30. The lowest BCUT2D eigenvalue weighted by atomic mass is 9.89. The summed E-state index contributed by atoms with van der Waals surface area (Å²) in [5, 5.41) is 18.5. The molecule has 0 saturated carbocycles. The number of aliphatic hydroxyl groups is 1. The predicted octanol–water partition coefficient (Wildman–Crippen LogP) is 1.91. The highest BCUT2D eigenvalue weighted by Crippen LogP contribution is 2.35. The molecule has 152 valence electrons. The summed E-state index contributed by atoms with van der Waals surface area (Å²) in [4.78, 5) is 18.3. The third-order valence-corrected chi connectivity index (χ3v) is 6.61. The van der Waals surface area contributed by atoms with Crippen molar-refractivity contribution in [1.29, 1.82) is 0 Å². The average molecular weight is 414 g/mol. The SMILES string of the molecule is O[C@H](c1ccccn1)C1CCN(c2nc3nonc3nc2N2CCSCC2)CC1. The molecule has 0 aliphatic carbocycles. The monoisotopic (exact) mass is 413 g/mol. The number of nitrogens with zero attached hydrogens (tertiary/aromatic N) is 7. The predicted molar refractivity (Wildman–Crippen MR) is 111 cm³/mol. The Kier molecular flexibility index (Phi) is 5.19. The fourth-order valence-electron chi connectivity index (χ4n) is 4.04. The van der Waals surface area contributed by atoms with Gasteiger partial charge in [-0.05, 0) is 41.2 Å². The lowest BCUT2D eigenvalue weighted by Gasteiger charge is -2.37. The molecule has 0 aromatic carbocycles. The van der Waals surface area contributed by atoms with Gasteiger partial charge >= 0.3 is 0 Å². The maximum atomic E-state index is 10.7. The van der Waals surface area contributed by atoms with Crippen LogP contribution in [0.2, 0.25) is 0 Å². The second-order valence-corrected chi connectivity index (χ2v) is 8.63. The van der Waals surface area contributed by atoms with E-state index in [0.717, 1.165) is 67.9 Å². The van der Waals surface area contributed by atoms with E-state index in [1.807, 2.05) is 30.0 Å². The second kappa shape index (κ2) is 8.11. The van der Waals surface area contributed by atoms with Crippen LogP contribution in [0.4, 0.5) is 11.6 Å². The molecular formula is C19H23N7O2S. The smallest absolute Gasteiger partial charge is 0.245 e. The summed E-state index contributed by atoms with van der Waals surface area (Å²) < 4.78 is 4.84. The van der Waals surface area contributed by atoms with Gasteiger partial charge in [0.25, 0.3) is 0 Å². The van der Waals surface area contributed by atoms with Crippen molar-refractivity contribution in [3.8, 4) is 0 Å². The molecule has 2 saturated heterocycles. The Labute approximate surface area is 172 Å². The van der Waals surface area contributed by atoms with Gasteiger partial charge < -0.3 is 14.9 Å². The zero-order chi connectivity index (χ0) is 19.6. The van der Waals surface area contributed by atoms with Crippen LogP contribution in [0, 0.1) is 5.92 Å². The van der Waals surface area contributed by atoms with Crippen molar-refractivity contribution in [2.24, 2.45) is 5.92 Å². The van der Waals surface area contributed by atoms with Crippen LogP contribution < -0.4 is 9.80 Å². The summed E-state index contributed by atoms with van der Waals surface area (Å²) in [6, 6.07) is 5.67. The maximum Gasteiger partial charge on any atom is 0.245 e. The van der Waals surface area contributed by atoms with Gasteiger partial charge in [-0.2, -0.15) is 11.8 Å². The largest absolute Gasteiger partial charge is 0.387 e. The fraction of sp³-hybridized carbons (Fsp3) is 0.526. The molecule has 3 aromatic heterocycles. The van der Waals surface area contributed by atoms with E-state index in [0.29, 0.717) is 11.3 Å². The lowest BCUT2D eigenvalue weighted by molar-refractivity contribution is 0.0890. The molecular weight excluding hydrogens is 390 g/mol. The van der Waals surface area contributed by atoms with Gasteiger partial charge in [-0.25, -0.2) is 14.6 Å². The van der Waals surface area contributed by atoms with Gasteiger partial charge in [-0.3, -0.25) is 4.98 Å². The number of hydrogen-bond donors (Lipinski definition) is 1. The van der Waals surface area contributed by atoms with Crippen LogP contribution in [-0.4, -0.2) is 68.1 Å². The van der Waals surface area contributed by atoms with Crippen LogP contribution in [0.1, 0.15) is 24.6 Å². The molecule has 2 aliphatic heterocycles. The second-order valence-electron chi connectivity index (χ2n) is 7.41. The summed E-state index contributed by atoms with van der Waals surface area (Å²) in [5.74, 6) is 4.04. The highest BCUT2D eigenvalue weighted by molar-refractivity contribution is 7.99. The zero-order valence-electron chi connectivity index (χ0n) is 16.0. The maximum absolute atomic E-state index is 10.7. The average Bonchev–Trinajstić information content (AvgIpc) is 3.27. The number of aliphatic hydroxyl groups excluding tert-OH is 1. The Hall–Kier alpha value is -2.46. The van der Waals surface area contributed by atoms with Crippen molar-refractivity contribution >= 4 is 34.7 Å². The molecule has 1 N–H and O–H groups in total. The van der Waals surface area contributed by atoms with Crippen LogP contribution >= 0.6 is 11.8 Å². The quantitative estimate of drug-likeness (QED) is 0.682. The summed E-state index contributed by atoms with van der Waals surface area (Å²) in [7, 11) is 0. The van der Waals surface area contributed by atoms with Crippen molar-refractivity contribution in [3.05, 3.63) is 30.1 Å². The number of anilines is 2. The van der Waals surface area contributed by atoms with Crippen LogP contribution in [0.3, 0.4) is 0 Å². The van der Waals surface area contributed by atoms with Crippen LogP contribution in [0.15, 0.2) is 29.0 Å². The van der Waals surface area contributed by atoms with E-state index in [2.05, 4.69) is 25.1 Å². The Balaban J connectivity index is 1.37. The van der Waals surface area contributed by atoms with E-state index in [9.17, 15) is 5.11 Å². The molecule has 0 unspecified atom stereocenters. The first-order chi connectivity index (χ1) is 14.3. The number of piperidine rings is 1. The van der Waals surface area contributed by atoms with E-state index in [1.54, 1.807) is 6.20 Å². The Morgan fingerprint density at radius 3 is 2.24 bits per heavy atom. The molecule has 2 fully saturated rings. The molecule has 10 heteroatoms. The first-order valence-electron chi connectivity index (χ1n) is 9.96. The van der Waals surface area contributed by atoms with E-state index in [1.165, 1.54) is 0 Å². The number of fused-ring (bicyclic) bond motifs is 1. The Bertz CT molecular complexity index is 956. The third kappa shape index (κ3) is 3.74. The first-order valence-corrected chi connectivity index (χ1v) is 11.1. The molecule has 0 amide bonds. The Morgan fingerprint density at radius 1 is 0.966 bits per heavy atom. The Morgan fingerprint density at radius 2 is 1.62 bits per heavy atom. The highest BCUT2D eigenvalue weighted by atomic mass is 32.2. The number of aromatic nitrogens is 5. The van der Waals surface area contributed by atoms with Gasteiger partial charge in [-0.1, -0.05) is 6.07 Å². The van der Waals surface area contributed by atoms with Crippen LogP contribution in [0.5, 0.6) is 0 Å². The molecule has 3 aromatic rings. The fourth-order valence-corrected chi connectivity index (χ4v) is 4.94. The molecule has 2 aliphatic rings. The summed E-state index contributed by atoms with van der Waals surface area (Å²) in [6.07, 6.45) is 2.92. The topological polar surface area (TPSA) is 104 Å². The van der Waals surface area contributed by atoms with Gasteiger partial charge in [0, 0.05) is 43.9 Å². The molecule has 29 heavy (non-hydrogen) atoms. The van der Waals surface area contributed by atoms with E-state index < -0.39 is 6.10 Å². The minimum Gasteiger partial charge on any atom is -0.387 e. The van der Waals surface area contributed by atoms with Crippen LogP contribution in [-0.2, 0) is 0 Å². The van der Waals surface area contributed by atoms with E-state index >= 15 is 0 Å². The van der Waals surface area contributed by atoms with Crippen molar-refractivity contribution < 1.29 is 9.74 Å². The van der Waals surface area contributed by atoms with Crippen molar-refractivity contribution in [2.45, 2.75) is 18.9 Å². The third-order valence-electron chi connectivity index (χ3n) is 5.67. The minimum atomic E-state index is -0.537. The first kappa shape index (κ1) is 18.6. The molecule has 9 nitrogen and oxygen atoms in total.